The molecule has 0 spiro atoms. The second-order valence-corrected chi connectivity index (χ2v) is 5.35. The molecule has 18 heavy (non-hydrogen) atoms. The van der Waals surface area contributed by atoms with Gasteiger partial charge in [0.1, 0.15) is 0 Å². The molecule has 1 aliphatic rings. The second-order valence-electron chi connectivity index (χ2n) is 3.92. The zero-order valence-electron chi connectivity index (χ0n) is 10.0. The first-order valence-corrected chi connectivity index (χ1v) is 7.18. The fourth-order valence-corrected chi connectivity index (χ4v) is 2.55. The minimum atomic E-state index is -1.55. The first kappa shape index (κ1) is 14.9. The lowest BCUT2D eigenvalue weighted by molar-refractivity contribution is -0.137. The van der Waals surface area contributed by atoms with Crippen LogP contribution >= 0.6 is 0 Å². The number of likely N-dealkylation sites (tertiary alicyclic amines) is 1. The predicted octanol–water partition coefficient (Wildman–Crippen LogP) is -1.69. The van der Waals surface area contributed by atoms with Crippen LogP contribution in [0, 0.1) is 0 Å². The fourth-order valence-electron chi connectivity index (χ4n) is 1.48. The van der Waals surface area contributed by atoms with E-state index in [9.17, 15) is 18.9 Å². The van der Waals surface area contributed by atoms with Crippen molar-refractivity contribution >= 4 is 28.9 Å². The number of carbonyl (C=O) groups is 3. The smallest absolute Gasteiger partial charge is 0.270 e. The predicted molar refractivity (Wildman–Crippen MR) is 65.6 cm³/mol. The van der Waals surface area contributed by atoms with Gasteiger partial charge in [-0.25, -0.2) is 4.90 Å². The van der Waals surface area contributed by atoms with Gasteiger partial charge in [0.2, 0.25) is 11.8 Å². The van der Waals surface area contributed by atoms with E-state index in [1.54, 1.807) is 0 Å². The Bertz CT molecular complexity index is 321. The molecular weight excluding hydrogens is 258 g/mol. The van der Waals surface area contributed by atoms with Crippen molar-refractivity contribution in [3.8, 4) is 0 Å². The number of nitrogens with two attached hydrogens (primary N) is 1. The van der Waals surface area contributed by atoms with Gasteiger partial charge in [-0.2, -0.15) is 0 Å². The van der Waals surface area contributed by atoms with Crippen LogP contribution in [0.5, 0.6) is 0 Å². The molecule has 1 fully saturated rings. The molecular formula is C10H17N3O4S. The van der Waals surface area contributed by atoms with Gasteiger partial charge in [0.15, 0.2) is 11.6 Å². The fraction of sp³-hybridized carbons (Fsp3) is 0.700. The Morgan fingerprint density at radius 2 is 2.00 bits per heavy atom. The second kappa shape index (κ2) is 7.34. The number of imide groups is 1. The van der Waals surface area contributed by atoms with E-state index in [1.807, 2.05) is 0 Å². The molecule has 1 aliphatic heterocycles. The first-order valence-electron chi connectivity index (χ1n) is 5.69. The molecule has 1 saturated heterocycles. The van der Waals surface area contributed by atoms with Crippen LogP contribution in [0.15, 0.2) is 0 Å². The van der Waals surface area contributed by atoms with Gasteiger partial charge in [-0.1, -0.05) is 0 Å². The third kappa shape index (κ3) is 4.63. The maximum absolute atomic E-state index is 11.6. The molecule has 0 aromatic rings. The molecule has 1 unspecified atom stereocenters. The van der Waals surface area contributed by atoms with Crippen LogP contribution in [-0.2, 0) is 25.6 Å². The Labute approximate surface area is 108 Å². The molecule has 0 radical (unpaired) electrons. The molecule has 0 aliphatic carbocycles. The molecule has 1 atom stereocenters. The third-order valence-electron chi connectivity index (χ3n) is 2.42. The highest BCUT2D eigenvalue weighted by Gasteiger charge is 2.32. The number of nitrogens with one attached hydrogen (secondary N) is 1. The van der Waals surface area contributed by atoms with Crippen molar-refractivity contribution < 1.29 is 18.9 Å². The van der Waals surface area contributed by atoms with Gasteiger partial charge >= 0.3 is 0 Å². The van der Waals surface area contributed by atoms with Crippen molar-refractivity contribution in [3.63, 3.8) is 0 Å². The number of hydrogen-bond acceptors (Lipinski definition) is 5. The molecule has 102 valence electrons. The summed E-state index contributed by atoms with van der Waals surface area (Å²) in [6.45, 7) is 0.911. The quantitative estimate of drug-likeness (QED) is 0.326. The van der Waals surface area contributed by atoms with Gasteiger partial charge in [0, 0.05) is 19.4 Å². The van der Waals surface area contributed by atoms with E-state index in [2.05, 4.69) is 5.32 Å². The number of hydrogen-bond donors (Lipinski definition) is 2. The molecule has 8 heteroatoms. The van der Waals surface area contributed by atoms with Gasteiger partial charge in [-0.05, 0) is 24.1 Å². The average Bonchev–Trinajstić information content (AvgIpc) is 2.61. The van der Waals surface area contributed by atoms with Gasteiger partial charge in [0.05, 0.1) is 0 Å². The standard InChI is InChI=1S/C10H17N3O4S/c11-4-1-5-12-8(14)6-18(17)7-13-9(15)2-3-10(13)16/h1-7,11H2,(H,12,14). The van der Waals surface area contributed by atoms with E-state index in [4.69, 9.17) is 5.73 Å². The van der Waals surface area contributed by atoms with Crippen LogP contribution in [0.2, 0.25) is 0 Å². The number of amides is 3. The summed E-state index contributed by atoms with van der Waals surface area (Å²) < 4.78 is 11.6. The topological polar surface area (TPSA) is 116 Å². The molecule has 7 nitrogen and oxygen atoms in total. The highest BCUT2D eigenvalue weighted by molar-refractivity contribution is 7.92. The molecule has 1 heterocycles. The van der Waals surface area contributed by atoms with Crippen molar-refractivity contribution in [1.29, 1.82) is 0 Å². The van der Waals surface area contributed by atoms with Crippen LogP contribution in [0.25, 0.3) is 0 Å². The third-order valence-corrected chi connectivity index (χ3v) is 3.55. The van der Waals surface area contributed by atoms with Crippen LogP contribution in [0.1, 0.15) is 19.3 Å². The SMILES string of the molecule is NCCCNC(=O)C[S+]([O-])CN1C(=O)CCC1=O. The largest absolute Gasteiger partial charge is 0.615 e. The van der Waals surface area contributed by atoms with Crippen molar-refractivity contribution in [1.82, 2.24) is 10.2 Å². The summed E-state index contributed by atoms with van der Waals surface area (Å²) in [6.07, 6.45) is 0.985. The van der Waals surface area contributed by atoms with Crippen LogP contribution in [0.3, 0.4) is 0 Å². The summed E-state index contributed by atoms with van der Waals surface area (Å²) in [6, 6.07) is 0. The number of nitrogens with zero attached hydrogens (tertiary/aromatic N) is 1. The van der Waals surface area contributed by atoms with Gasteiger partial charge < -0.3 is 15.6 Å². The summed E-state index contributed by atoms with van der Waals surface area (Å²) >= 11 is -1.55. The van der Waals surface area contributed by atoms with Crippen LogP contribution in [0.4, 0.5) is 0 Å². The minimum Gasteiger partial charge on any atom is -0.615 e. The Morgan fingerprint density at radius 3 is 2.56 bits per heavy atom. The zero-order valence-corrected chi connectivity index (χ0v) is 10.8. The zero-order chi connectivity index (χ0) is 13.5. The normalized spacial score (nSPS) is 17.1. The lowest BCUT2D eigenvalue weighted by Gasteiger charge is -2.16. The van der Waals surface area contributed by atoms with Crippen molar-refractivity contribution in [2.45, 2.75) is 19.3 Å². The summed E-state index contributed by atoms with van der Waals surface area (Å²) in [4.78, 5) is 34.8. The molecule has 0 aromatic carbocycles. The van der Waals surface area contributed by atoms with Crippen molar-refractivity contribution in [3.05, 3.63) is 0 Å². The van der Waals surface area contributed by atoms with E-state index >= 15 is 0 Å². The van der Waals surface area contributed by atoms with Gasteiger partial charge in [-0.15, -0.1) is 0 Å². The van der Waals surface area contributed by atoms with E-state index in [0.717, 1.165) is 4.90 Å². The number of rotatable bonds is 7. The van der Waals surface area contributed by atoms with Crippen molar-refractivity contribution in [2.75, 3.05) is 24.7 Å². The minimum absolute atomic E-state index is 0.165. The van der Waals surface area contributed by atoms with Gasteiger partial charge in [-0.3, -0.25) is 14.4 Å². The van der Waals surface area contributed by atoms with Crippen LogP contribution < -0.4 is 11.1 Å². The Morgan fingerprint density at radius 1 is 1.39 bits per heavy atom. The lowest BCUT2D eigenvalue weighted by Crippen LogP contribution is -2.39. The number of carbonyl (C=O) groups excluding carboxylic acids is 3. The van der Waals surface area contributed by atoms with E-state index in [0.29, 0.717) is 19.5 Å². The molecule has 0 saturated carbocycles. The first-order chi connectivity index (χ1) is 8.54. The molecule has 0 aromatic heterocycles. The summed E-state index contributed by atoms with van der Waals surface area (Å²) in [5.74, 6) is -1.40. The molecule has 3 N–H and O–H groups in total. The lowest BCUT2D eigenvalue weighted by atomic mass is 10.4. The molecule has 1 rings (SSSR count). The molecule has 0 bridgehead atoms. The van der Waals surface area contributed by atoms with E-state index in [1.165, 1.54) is 0 Å². The summed E-state index contributed by atoms with van der Waals surface area (Å²) in [5, 5.41) is 2.56. The van der Waals surface area contributed by atoms with E-state index < -0.39 is 11.2 Å². The van der Waals surface area contributed by atoms with Crippen molar-refractivity contribution in [2.24, 2.45) is 5.73 Å². The Hall–Kier alpha value is -1.12. The van der Waals surface area contributed by atoms with Crippen LogP contribution in [-0.4, -0.2) is 51.9 Å². The Balaban J connectivity index is 2.28. The highest BCUT2D eigenvalue weighted by Crippen LogP contribution is 2.12. The summed E-state index contributed by atoms with van der Waals surface area (Å²) in [7, 11) is 0. The summed E-state index contributed by atoms with van der Waals surface area (Å²) in [5.41, 5.74) is 5.26. The van der Waals surface area contributed by atoms with Gasteiger partial charge in [0.25, 0.3) is 5.91 Å². The monoisotopic (exact) mass is 275 g/mol. The maximum Gasteiger partial charge on any atom is 0.270 e. The average molecular weight is 275 g/mol. The van der Waals surface area contributed by atoms with E-state index in [-0.39, 0.29) is 42.2 Å². The molecule has 3 amide bonds. The highest BCUT2D eigenvalue weighted by atomic mass is 32.2. The maximum atomic E-state index is 11.6. The Kier molecular flexibility index (Phi) is 6.10.